The standard InChI is InChI=1S/C15H19F3N2O/c16-15(17,18)12-7-11(8-19-9-12)10-20-6-3-13(21)14(20)4-1-2-5-14/h7-9,13,21H,1-6,10H2/t13-/m0/s1. The molecule has 6 heteroatoms. The summed E-state index contributed by atoms with van der Waals surface area (Å²) in [4.78, 5) is 5.87. The SMILES string of the molecule is O[C@H]1CCN(Cc2cncc(C(F)(F)F)c2)C12CCCC2. The molecule has 1 saturated carbocycles. The summed E-state index contributed by atoms with van der Waals surface area (Å²) >= 11 is 0. The number of aliphatic hydroxyl groups excluding tert-OH is 1. The fourth-order valence-electron chi connectivity index (χ4n) is 3.80. The summed E-state index contributed by atoms with van der Waals surface area (Å²) in [5.41, 5.74) is -0.376. The van der Waals surface area contributed by atoms with Crippen molar-refractivity contribution in [2.24, 2.45) is 0 Å². The number of likely N-dealkylation sites (tertiary alicyclic amines) is 1. The van der Waals surface area contributed by atoms with Gasteiger partial charge in [0.1, 0.15) is 0 Å². The lowest BCUT2D eigenvalue weighted by Crippen LogP contribution is -2.47. The molecule has 0 aromatic carbocycles. The Morgan fingerprint density at radius 2 is 2.00 bits per heavy atom. The predicted molar refractivity (Wildman–Crippen MR) is 71.5 cm³/mol. The number of halogens is 3. The van der Waals surface area contributed by atoms with Gasteiger partial charge < -0.3 is 5.11 Å². The number of hydrogen-bond acceptors (Lipinski definition) is 3. The number of alkyl halides is 3. The second-order valence-electron chi connectivity index (χ2n) is 6.12. The van der Waals surface area contributed by atoms with Gasteiger partial charge in [0.15, 0.2) is 0 Å². The van der Waals surface area contributed by atoms with Crippen LogP contribution >= 0.6 is 0 Å². The first kappa shape index (κ1) is 14.8. The first-order chi connectivity index (χ1) is 9.92. The van der Waals surface area contributed by atoms with Crippen molar-refractivity contribution in [3.8, 4) is 0 Å². The van der Waals surface area contributed by atoms with Crippen LogP contribution in [0.4, 0.5) is 13.2 Å². The molecule has 116 valence electrons. The molecule has 1 aromatic rings. The maximum absolute atomic E-state index is 12.7. The van der Waals surface area contributed by atoms with Crippen molar-refractivity contribution < 1.29 is 18.3 Å². The molecule has 1 atom stereocenters. The van der Waals surface area contributed by atoms with E-state index in [1.807, 2.05) is 0 Å². The van der Waals surface area contributed by atoms with E-state index in [1.165, 1.54) is 12.3 Å². The van der Waals surface area contributed by atoms with Gasteiger partial charge in [0, 0.05) is 31.0 Å². The fraction of sp³-hybridized carbons (Fsp3) is 0.667. The second kappa shape index (κ2) is 5.25. The summed E-state index contributed by atoms with van der Waals surface area (Å²) in [6, 6.07) is 1.17. The van der Waals surface area contributed by atoms with Gasteiger partial charge in [0.25, 0.3) is 0 Å². The van der Waals surface area contributed by atoms with Gasteiger partial charge in [0.05, 0.1) is 11.7 Å². The molecule has 1 saturated heterocycles. The van der Waals surface area contributed by atoms with Crippen LogP contribution in [0, 0.1) is 0 Å². The molecule has 2 heterocycles. The zero-order valence-electron chi connectivity index (χ0n) is 11.7. The van der Waals surface area contributed by atoms with Crippen LogP contribution in [-0.4, -0.2) is 33.2 Å². The number of aliphatic hydroxyl groups is 1. The van der Waals surface area contributed by atoms with Crippen LogP contribution in [0.25, 0.3) is 0 Å². The molecule has 1 aromatic heterocycles. The smallest absolute Gasteiger partial charge is 0.391 e. The molecule has 1 aliphatic heterocycles. The minimum Gasteiger partial charge on any atom is -0.391 e. The molecule has 1 aliphatic carbocycles. The molecule has 21 heavy (non-hydrogen) atoms. The lowest BCUT2D eigenvalue weighted by Gasteiger charge is -2.37. The summed E-state index contributed by atoms with van der Waals surface area (Å²) in [7, 11) is 0. The zero-order chi connectivity index (χ0) is 15.1. The van der Waals surface area contributed by atoms with E-state index >= 15 is 0 Å². The van der Waals surface area contributed by atoms with Crippen LogP contribution in [0.2, 0.25) is 0 Å². The molecule has 1 spiro atoms. The van der Waals surface area contributed by atoms with Gasteiger partial charge in [-0.3, -0.25) is 9.88 Å². The Bertz CT molecular complexity index is 512. The topological polar surface area (TPSA) is 36.4 Å². The average Bonchev–Trinajstić information content (AvgIpc) is 3.03. The largest absolute Gasteiger partial charge is 0.417 e. The van der Waals surface area contributed by atoms with Crippen molar-refractivity contribution in [3.63, 3.8) is 0 Å². The van der Waals surface area contributed by atoms with Crippen LogP contribution in [0.15, 0.2) is 18.5 Å². The molecule has 0 radical (unpaired) electrons. The Morgan fingerprint density at radius 3 is 2.67 bits per heavy atom. The van der Waals surface area contributed by atoms with E-state index in [-0.39, 0.29) is 11.6 Å². The molecule has 3 rings (SSSR count). The van der Waals surface area contributed by atoms with E-state index in [4.69, 9.17) is 0 Å². The quantitative estimate of drug-likeness (QED) is 0.912. The van der Waals surface area contributed by atoms with Crippen molar-refractivity contribution in [3.05, 3.63) is 29.6 Å². The number of pyridine rings is 1. The van der Waals surface area contributed by atoms with E-state index in [2.05, 4.69) is 9.88 Å². The Hall–Kier alpha value is -1.14. The number of rotatable bonds is 2. The zero-order valence-corrected chi connectivity index (χ0v) is 11.7. The third-order valence-corrected chi connectivity index (χ3v) is 4.89. The highest BCUT2D eigenvalue weighted by Gasteiger charge is 2.49. The number of aromatic nitrogens is 1. The van der Waals surface area contributed by atoms with Gasteiger partial charge in [-0.1, -0.05) is 12.8 Å². The van der Waals surface area contributed by atoms with Crippen molar-refractivity contribution in [1.82, 2.24) is 9.88 Å². The maximum atomic E-state index is 12.7. The van der Waals surface area contributed by atoms with Crippen molar-refractivity contribution in [1.29, 1.82) is 0 Å². The van der Waals surface area contributed by atoms with Crippen LogP contribution in [-0.2, 0) is 12.7 Å². The fourth-order valence-corrected chi connectivity index (χ4v) is 3.80. The van der Waals surface area contributed by atoms with Gasteiger partial charge in [-0.25, -0.2) is 0 Å². The van der Waals surface area contributed by atoms with Crippen LogP contribution in [0.3, 0.4) is 0 Å². The number of nitrogens with zero attached hydrogens (tertiary/aromatic N) is 2. The minimum atomic E-state index is -4.36. The van der Waals surface area contributed by atoms with Gasteiger partial charge in [-0.2, -0.15) is 13.2 Å². The van der Waals surface area contributed by atoms with Crippen molar-refractivity contribution in [2.45, 2.75) is 56.5 Å². The third-order valence-electron chi connectivity index (χ3n) is 4.89. The average molecular weight is 300 g/mol. The van der Waals surface area contributed by atoms with Crippen LogP contribution in [0.1, 0.15) is 43.2 Å². The van der Waals surface area contributed by atoms with Crippen molar-refractivity contribution in [2.75, 3.05) is 6.54 Å². The Kier molecular flexibility index (Phi) is 3.69. The summed E-state index contributed by atoms with van der Waals surface area (Å²) < 4.78 is 38.2. The van der Waals surface area contributed by atoms with E-state index < -0.39 is 11.7 Å². The molecule has 0 unspecified atom stereocenters. The molecule has 0 bridgehead atoms. The van der Waals surface area contributed by atoms with Crippen molar-refractivity contribution >= 4 is 0 Å². The Morgan fingerprint density at radius 1 is 1.29 bits per heavy atom. The highest BCUT2D eigenvalue weighted by atomic mass is 19.4. The molecular formula is C15H19F3N2O. The molecule has 0 amide bonds. The van der Waals surface area contributed by atoms with Crippen LogP contribution < -0.4 is 0 Å². The van der Waals surface area contributed by atoms with Gasteiger partial charge >= 0.3 is 6.18 Å². The molecule has 1 N–H and O–H groups in total. The maximum Gasteiger partial charge on any atom is 0.417 e. The minimum absolute atomic E-state index is 0.228. The van der Waals surface area contributed by atoms with E-state index in [9.17, 15) is 18.3 Å². The summed E-state index contributed by atoms with van der Waals surface area (Å²) in [6.45, 7) is 1.16. The van der Waals surface area contributed by atoms with Gasteiger partial charge in [-0.05, 0) is 30.9 Å². The summed E-state index contributed by atoms with van der Waals surface area (Å²) in [6.07, 6.45) is 2.34. The van der Waals surface area contributed by atoms with Gasteiger partial charge in [-0.15, -0.1) is 0 Å². The first-order valence-electron chi connectivity index (χ1n) is 7.36. The lowest BCUT2D eigenvalue weighted by molar-refractivity contribution is -0.137. The van der Waals surface area contributed by atoms with Gasteiger partial charge in [0.2, 0.25) is 0 Å². The van der Waals surface area contributed by atoms with E-state index in [0.717, 1.165) is 38.4 Å². The normalized spacial score (nSPS) is 25.8. The molecule has 2 fully saturated rings. The number of hydrogen-bond donors (Lipinski definition) is 1. The second-order valence-corrected chi connectivity index (χ2v) is 6.12. The molecule has 3 nitrogen and oxygen atoms in total. The molecule has 2 aliphatic rings. The molecular weight excluding hydrogens is 281 g/mol. The van der Waals surface area contributed by atoms with E-state index in [0.29, 0.717) is 18.5 Å². The Balaban J connectivity index is 1.80. The monoisotopic (exact) mass is 300 g/mol. The predicted octanol–water partition coefficient (Wildman–Crippen LogP) is 2.98. The summed E-state index contributed by atoms with van der Waals surface area (Å²) in [5.74, 6) is 0. The van der Waals surface area contributed by atoms with E-state index in [1.54, 1.807) is 0 Å². The third kappa shape index (κ3) is 2.66. The lowest BCUT2D eigenvalue weighted by atomic mass is 9.91. The van der Waals surface area contributed by atoms with Crippen LogP contribution in [0.5, 0.6) is 0 Å². The first-order valence-corrected chi connectivity index (χ1v) is 7.36. The summed E-state index contributed by atoms with van der Waals surface area (Å²) in [5, 5.41) is 10.3. The Labute approximate surface area is 121 Å². The highest BCUT2D eigenvalue weighted by Crippen LogP contribution is 2.44. The highest BCUT2D eigenvalue weighted by molar-refractivity contribution is 5.21.